The second-order valence-corrected chi connectivity index (χ2v) is 13.2. The highest BCUT2D eigenvalue weighted by molar-refractivity contribution is 6.21. The summed E-state index contributed by atoms with van der Waals surface area (Å²) in [6, 6.07) is 60.6. The first kappa shape index (κ1) is 29.0. The van der Waals surface area contributed by atoms with E-state index in [1.54, 1.807) is 0 Å². The van der Waals surface area contributed by atoms with Crippen LogP contribution in [0, 0.1) is 0 Å². The third-order valence-corrected chi connectivity index (χ3v) is 10.3. The number of benzene rings is 7. The highest BCUT2D eigenvalue weighted by atomic mass is 16.3. The molecule has 4 N–H and O–H groups in total. The van der Waals surface area contributed by atoms with Crippen molar-refractivity contribution in [2.45, 2.75) is 18.5 Å². The lowest BCUT2D eigenvalue weighted by molar-refractivity contribution is -0.755. The van der Waals surface area contributed by atoms with Crippen molar-refractivity contribution in [1.29, 1.82) is 0 Å². The number of nitrogens with zero attached hydrogens (tertiary/aromatic N) is 1. The normalized spacial score (nSPS) is 18.0. The molecule has 0 spiro atoms. The predicted octanol–water partition coefficient (Wildman–Crippen LogP) is 9.50. The first-order valence-electron chi connectivity index (χ1n) is 17.3. The summed E-state index contributed by atoms with van der Waals surface area (Å²) in [5, 5.41) is 14.9. The molecule has 1 saturated heterocycles. The Labute approximate surface area is 289 Å². The molecular formula is C45H35N4O+. The van der Waals surface area contributed by atoms with E-state index < -0.39 is 0 Å². The molecule has 9 aromatic rings. The maximum atomic E-state index is 6.58. The van der Waals surface area contributed by atoms with Crippen molar-refractivity contribution >= 4 is 43.7 Å². The molecule has 2 aromatic heterocycles. The van der Waals surface area contributed by atoms with Gasteiger partial charge >= 0.3 is 0 Å². The predicted molar refractivity (Wildman–Crippen MR) is 203 cm³/mol. The molecule has 3 unspecified atom stereocenters. The topological polar surface area (TPSA) is 58.7 Å². The van der Waals surface area contributed by atoms with Crippen LogP contribution in [-0.4, -0.2) is 4.57 Å². The first-order chi connectivity index (χ1) is 24.8. The number of hydrogen-bond donors (Lipinski definition) is 3. The Morgan fingerprint density at radius 2 is 1.12 bits per heavy atom. The molecule has 1 aliphatic heterocycles. The lowest BCUT2D eigenvalue weighted by Crippen LogP contribution is -2.94. The highest BCUT2D eigenvalue weighted by Crippen LogP contribution is 2.40. The number of hydrogen-bond acceptors (Lipinski definition) is 3. The Hall–Kier alpha value is -5.98. The van der Waals surface area contributed by atoms with Crippen LogP contribution in [0.5, 0.6) is 0 Å². The summed E-state index contributed by atoms with van der Waals surface area (Å²) < 4.78 is 8.94. The van der Waals surface area contributed by atoms with Gasteiger partial charge in [-0.2, -0.15) is 0 Å². The van der Waals surface area contributed by atoms with Gasteiger partial charge in [-0.25, -0.2) is 10.6 Å². The molecule has 3 atom stereocenters. The van der Waals surface area contributed by atoms with Crippen molar-refractivity contribution in [2.75, 3.05) is 0 Å². The van der Waals surface area contributed by atoms with Crippen molar-refractivity contribution in [3.05, 3.63) is 187 Å². The minimum Gasteiger partial charge on any atom is -0.454 e. The van der Waals surface area contributed by atoms with E-state index in [2.05, 4.69) is 184 Å². The van der Waals surface area contributed by atoms with Gasteiger partial charge in [0.25, 0.3) is 0 Å². The third kappa shape index (κ3) is 4.83. The standard InChI is InChI=1S/C45H34N4O/c1-3-12-29(13-4-1)32-16-11-17-33(28-32)45-47-43(30-14-5-2-6-15-30)46-44(48-45)31-22-24-34(25-23-31)49-39-20-9-7-18-35(39)37-26-27-38-36-19-8-10-21-40(36)50-42(38)41(37)49/h1-28,43-48H/p+1. The fourth-order valence-corrected chi connectivity index (χ4v) is 7.84. The average molecular weight is 648 g/mol. The summed E-state index contributed by atoms with van der Waals surface area (Å²) in [5.41, 5.74) is 11.3. The molecule has 1 aliphatic rings. The summed E-state index contributed by atoms with van der Waals surface area (Å²) in [6.45, 7) is 0. The number of nitrogens with two attached hydrogens (primary N) is 1. The number of rotatable bonds is 5. The molecule has 1 fully saturated rings. The molecule has 240 valence electrons. The largest absolute Gasteiger partial charge is 0.454 e. The zero-order valence-corrected chi connectivity index (χ0v) is 27.3. The van der Waals surface area contributed by atoms with Crippen LogP contribution >= 0.6 is 0 Å². The van der Waals surface area contributed by atoms with E-state index in [4.69, 9.17) is 4.42 Å². The number of quaternary nitrogens is 1. The van der Waals surface area contributed by atoms with Crippen LogP contribution < -0.4 is 16.0 Å². The van der Waals surface area contributed by atoms with Crippen molar-refractivity contribution in [1.82, 2.24) is 15.2 Å². The van der Waals surface area contributed by atoms with Gasteiger partial charge < -0.3 is 14.3 Å². The number of nitrogens with one attached hydrogen (secondary N) is 2. The minimum absolute atomic E-state index is 0.0495. The zero-order valence-electron chi connectivity index (χ0n) is 27.3. The number of aromatic nitrogens is 1. The SMILES string of the molecule is c1ccc(-c2cccc(C3NC(c4ccc(-n5c6ccccc6c6ccc7c8ccccc8oc7c65)cc4)NC(c4ccccc4)[NH2+]3)c2)cc1. The minimum atomic E-state index is -0.0649. The fraction of sp³-hybridized carbons (Fsp3) is 0.0667. The van der Waals surface area contributed by atoms with E-state index in [0.717, 1.165) is 38.7 Å². The molecule has 0 amide bonds. The Balaban J connectivity index is 1.06. The molecule has 0 bridgehead atoms. The van der Waals surface area contributed by atoms with Gasteiger partial charge in [0.05, 0.1) is 17.2 Å². The van der Waals surface area contributed by atoms with E-state index in [-0.39, 0.29) is 18.5 Å². The van der Waals surface area contributed by atoms with Crippen LogP contribution in [0.2, 0.25) is 0 Å². The average Bonchev–Trinajstić information content (AvgIpc) is 3.75. The molecule has 5 heteroatoms. The molecular weight excluding hydrogens is 613 g/mol. The summed E-state index contributed by atoms with van der Waals surface area (Å²) in [7, 11) is 0. The monoisotopic (exact) mass is 647 g/mol. The van der Waals surface area contributed by atoms with E-state index in [0.29, 0.717) is 0 Å². The van der Waals surface area contributed by atoms with Gasteiger partial charge in [0.1, 0.15) is 5.58 Å². The van der Waals surface area contributed by atoms with Gasteiger partial charge in [-0.05, 0) is 53.1 Å². The Bertz CT molecular complexity index is 2640. The van der Waals surface area contributed by atoms with Crippen LogP contribution in [0.25, 0.3) is 60.6 Å². The summed E-state index contributed by atoms with van der Waals surface area (Å²) in [5.74, 6) is 0. The van der Waals surface area contributed by atoms with E-state index >= 15 is 0 Å². The molecule has 0 saturated carbocycles. The maximum absolute atomic E-state index is 6.58. The molecule has 3 heterocycles. The number of para-hydroxylation sites is 2. The van der Waals surface area contributed by atoms with E-state index in [1.807, 2.05) is 6.07 Å². The van der Waals surface area contributed by atoms with E-state index in [9.17, 15) is 0 Å². The lowest BCUT2D eigenvalue weighted by atomic mass is 10.00. The van der Waals surface area contributed by atoms with Crippen LogP contribution in [0.1, 0.15) is 35.2 Å². The first-order valence-corrected chi connectivity index (χ1v) is 17.3. The highest BCUT2D eigenvalue weighted by Gasteiger charge is 2.33. The van der Waals surface area contributed by atoms with Crippen molar-refractivity contribution in [3.63, 3.8) is 0 Å². The summed E-state index contributed by atoms with van der Waals surface area (Å²) in [4.78, 5) is 0. The molecule has 0 radical (unpaired) electrons. The summed E-state index contributed by atoms with van der Waals surface area (Å²) in [6.07, 6.45) is 0.0598. The van der Waals surface area contributed by atoms with Crippen molar-refractivity contribution in [3.8, 4) is 16.8 Å². The van der Waals surface area contributed by atoms with Crippen LogP contribution in [0.3, 0.4) is 0 Å². The zero-order chi connectivity index (χ0) is 33.0. The van der Waals surface area contributed by atoms with Crippen LogP contribution in [-0.2, 0) is 0 Å². The van der Waals surface area contributed by atoms with Gasteiger partial charge in [0, 0.05) is 38.4 Å². The molecule has 50 heavy (non-hydrogen) atoms. The van der Waals surface area contributed by atoms with Gasteiger partial charge in [-0.3, -0.25) is 0 Å². The van der Waals surface area contributed by atoms with Crippen LogP contribution in [0.4, 0.5) is 0 Å². The van der Waals surface area contributed by atoms with Crippen molar-refractivity contribution < 1.29 is 9.73 Å². The Morgan fingerprint density at radius 1 is 0.480 bits per heavy atom. The third-order valence-electron chi connectivity index (χ3n) is 10.3. The smallest absolute Gasteiger partial charge is 0.169 e. The van der Waals surface area contributed by atoms with Gasteiger partial charge in [0.2, 0.25) is 0 Å². The van der Waals surface area contributed by atoms with E-state index in [1.165, 1.54) is 38.6 Å². The van der Waals surface area contributed by atoms with Crippen LogP contribution in [0.15, 0.2) is 174 Å². The van der Waals surface area contributed by atoms with Crippen molar-refractivity contribution in [2.24, 2.45) is 0 Å². The molecule has 7 aromatic carbocycles. The second-order valence-electron chi connectivity index (χ2n) is 13.2. The second kappa shape index (κ2) is 11.9. The Morgan fingerprint density at radius 3 is 1.94 bits per heavy atom. The lowest BCUT2D eigenvalue weighted by Gasteiger charge is -2.36. The molecule has 0 aliphatic carbocycles. The van der Waals surface area contributed by atoms with Gasteiger partial charge in [0.15, 0.2) is 17.9 Å². The number of furan rings is 1. The fourth-order valence-electron chi connectivity index (χ4n) is 7.84. The van der Waals surface area contributed by atoms with Gasteiger partial charge in [-0.15, -0.1) is 0 Å². The number of fused-ring (bicyclic) bond motifs is 7. The molecule has 10 rings (SSSR count). The maximum Gasteiger partial charge on any atom is 0.169 e. The van der Waals surface area contributed by atoms with Gasteiger partial charge in [-0.1, -0.05) is 133 Å². The Kier molecular flexibility index (Phi) is 6.88. The molecule has 5 nitrogen and oxygen atoms in total. The quantitative estimate of drug-likeness (QED) is 0.174. The summed E-state index contributed by atoms with van der Waals surface area (Å²) >= 11 is 0.